The fourth-order valence-corrected chi connectivity index (χ4v) is 2.80. The molecular formula is C22H20F2. The van der Waals surface area contributed by atoms with Crippen LogP contribution in [0.25, 0.3) is 22.3 Å². The van der Waals surface area contributed by atoms with E-state index < -0.39 is 0 Å². The number of alkyl halides is 2. The van der Waals surface area contributed by atoms with Gasteiger partial charge in [-0.1, -0.05) is 72.8 Å². The molecule has 0 atom stereocenters. The van der Waals surface area contributed by atoms with Crippen molar-refractivity contribution in [2.45, 2.75) is 12.8 Å². The van der Waals surface area contributed by atoms with Gasteiger partial charge in [-0.25, -0.2) is 0 Å². The van der Waals surface area contributed by atoms with Crippen molar-refractivity contribution in [1.29, 1.82) is 0 Å². The Morgan fingerprint density at radius 3 is 0.917 bits per heavy atom. The van der Waals surface area contributed by atoms with Crippen LogP contribution >= 0.6 is 0 Å². The van der Waals surface area contributed by atoms with E-state index in [1.807, 2.05) is 48.5 Å². The molecule has 0 unspecified atom stereocenters. The summed E-state index contributed by atoms with van der Waals surface area (Å²) >= 11 is 0. The summed E-state index contributed by atoms with van der Waals surface area (Å²) in [6, 6.07) is 24.4. The highest BCUT2D eigenvalue weighted by molar-refractivity contribution is 5.70. The van der Waals surface area contributed by atoms with Gasteiger partial charge in [-0.2, -0.15) is 0 Å². The molecule has 0 saturated heterocycles. The van der Waals surface area contributed by atoms with E-state index in [1.165, 1.54) is 0 Å². The van der Waals surface area contributed by atoms with Gasteiger partial charge in [-0.3, -0.25) is 8.78 Å². The predicted octanol–water partition coefficient (Wildman–Crippen LogP) is 6.04. The maximum Gasteiger partial charge on any atom is 0.0934 e. The molecule has 0 radical (unpaired) electrons. The van der Waals surface area contributed by atoms with Crippen LogP contribution in [0.1, 0.15) is 11.1 Å². The molecule has 0 saturated carbocycles. The number of halogens is 2. The summed E-state index contributed by atoms with van der Waals surface area (Å²) in [5.74, 6) is 0. The monoisotopic (exact) mass is 322 g/mol. The van der Waals surface area contributed by atoms with Gasteiger partial charge in [0, 0.05) is 12.8 Å². The molecule has 0 nitrogen and oxygen atoms in total. The van der Waals surface area contributed by atoms with E-state index in [1.54, 1.807) is 0 Å². The number of hydrogen-bond acceptors (Lipinski definition) is 0. The summed E-state index contributed by atoms with van der Waals surface area (Å²) in [5.41, 5.74) is 6.57. The van der Waals surface area contributed by atoms with Crippen molar-refractivity contribution < 1.29 is 8.78 Å². The van der Waals surface area contributed by atoms with Gasteiger partial charge in [-0.15, -0.1) is 0 Å². The van der Waals surface area contributed by atoms with Gasteiger partial charge in [0.1, 0.15) is 0 Å². The van der Waals surface area contributed by atoms with Crippen molar-refractivity contribution in [1.82, 2.24) is 0 Å². The fraction of sp³-hybridized carbons (Fsp3) is 0.182. The van der Waals surface area contributed by atoms with Crippen molar-refractivity contribution in [3.8, 4) is 22.3 Å². The van der Waals surface area contributed by atoms with Crippen LogP contribution in [0.3, 0.4) is 0 Å². The zero-order valence-electron chi connectivity index (χ0n) is 13.5. The third-order valence-corrected chi connectivity index (χ3v) is 4.23. The van der Waals surface area contributed by atoms with Crippen molar-refractivity contribution in [3.05, 3.63) is 83.9 Å². The molecule has 2 heteroatoms. The second-order valence-corrected chi connectivity index (χ2v) is 5.85. The van der Waals surface area contributed by atoms with Crippen LogP contribution in [0.2, 0.25) is 0 Å². The first-order chi connectivity index (χ1) is 11.8. The highest BCUT2D eigenvalue weighted by Crippen LogP contribution is 2.25. The molecule has 0 amide bonds. The number of rotatable bonds is 6. The Morgan fingerprint density at radius 1 is 0.417 bits per heavy atom. The van der Waals surface area contributed by atoms with Crippen LogP contribution < -0.4 is 0 Å². The predicted molar refractivity (Wildman–Crippen MR) is 96.7 cm³/mol. The summed E-state index contributed by atoms with van der Waals surface area (Å²) in [5, 5.41) is 0. The van der Waals surface area contributed by atoms with E-state index >= 15 is 0 Å². The molecule has 0 aliphatic heterocycles. The lowest BCUT2D eigenvalue weighted by Gasteiger charge is -2.07. The number of benzene rings is 3. The third kappa shape index (κ3) is 3.88. The molecule has 0 aromatic heterocycles. The summed E-state index contributed by atoms with van der Waals surface area (Å²) in [7, 11) is 0. The number of aryl methyl sites for hydroxylation is 2. The first-order valence-corrected chi connectivity index (χ1v) is 8.21. The maximum absolute atomic E-state index is 12.4. The molecule has 0 fully saturated rings. The van der Waals surface area contributed by atoms with Crippen molar-refractivity contribution in [3.63, 3.8) is 0 Å². The SMILES string of the molecule is FCCc1ccc(-c2ccc(-c3ccc(CCF)cc3)cc2)cc1. The molecule has 24 heavy (non-hydrogen) atoms. The van der Waals surface area contributed by atoms with E-state index in [-0.39, 0.29) is 13.3 Å². The fourth-order valence-electron chi connectivity index (χ4n) is 2.80. The van der Waals surface area contributed by atoms with Crippen molar-refractivity contribution in [2.75, 3.05) is 13.3 Å². The van der Waals surface area contributed by atoms with Gasteiger partial charge in [-0.05, 0) is 33.4 Å². The topological polar surface area (TPSA) is 0 Å². The molecule has 122 valence electrons. The Labute approximate surface area is 141 Å². The maximum atomic E-state index is 12.4. The van der Waals surface area contributed by atoms with Crippen LogP contribution in [0, 0.1) is 0 Å². The Bertz CT molecular complexity index is 688. The second kappa shape index (κ2) is 7.87. The molecule has 0 heterocycles. The molecular weight excluding hydrogens is 302 g/mol. The van der Waals surface area contributed by atoms with Crippen LogP contribution in [0.4, 0.5) is 8.78 Å². The van der Waals surface area contributed by atoms with Gasteiger partial charge in [0.25, 0.3) is 0 Å². The molecule has 0 aliphatic rings. The molecule has 0 spiro atoms. The van der Waals surface area contributed by atoms with Crippen LogP contribution in [-0.2, 0) is 12.8 Å². The standard InChI is InChI=1S/C22H20F2/c23-15-13-17-1-5-19(6-2-17)21-9-11-22(12-10-21)20-7-3-18(4-8-20)14-16-24/h1-12H,13-16H2. The highest BCUT2D eigenvalue weighted by Gasteiger charge is 2.02. The summed E-state index contributed by atoms with van der Waals surface area (Å²) in [6.45, 7) is -0.643. The zero-order chi connectivity index (χ0) is 16.8. The van der Waals surface area contributed by atoms with Gasteiger partial charge >= 0.3 is 0 Å². The van der Waals surface area contributed by atoms with Gasteiger partial charge in [0.05, 0.1) is 13.3 Å². The van der Waals surface area contributed by atoms with E-state index in [0.29, 0.717) is 12.8 Å². The Kier molecular flexibility index (Phi) is 5.37. The molecule has 0 bridgehead atoms. The smallest absolute Gasteiger partial charge is 0.0934 e. The highest BCUT2D eigenvalue weighted by atomic mass is 19.1. The lowest BCUT2D eigenvalue weighted by Crippen LogP contribution is -1.87. The van der Waals surface area contributed by atoms with Crippen molar-refractivity contribution >= 4 is 0 Å². The summed E-state index contributed by atoms with van der Waals surface area (Å²) in [6.07, 6.45) is 0.940. The van der Waals surface area contributed by atoms with E-state index in [2.05, 4.69) is 24.3 Å². The normalized spacial score (nSPS) is 10.8. The average molecular weight is 322 g/mol. The number of hydrogen-bond donors (Lipinski definition) is 0. The summed E-state index contributed by atoms with van der Waals surface area (Å²) in [4.78, 5) is 0. The minimum absolute atomic E-state index is 0.321. The zero-order valence-corrected chi connectivity index (χ0v) is 13.5. The lowest BCUT2D eigenvalue weighted by atomic mass is 9.98. The van der Waals surface area contributed by atoms with Crippen LogP contribution in [-0.4, -0.2) is 13.3 Å². The molecule has 3 aromatic carbocycles. The quantitative estimate of drug-likeness (QED) is 0.518. The average Bonchev–Trinajstić information content (AvgIpc) is 2.64. The Morgan fingerprint density at radius 2 is 0.667 bits per heavy atom. The largest absolute Gasteiger partial charge is 0.251 e. The third-order valence-electron chi connectivity index (χ3n) is 4.23. The first-order valence-electron chi connectivity index (χ1n) is 8.21. The Balaban J connectivity index is 1.77. The molecule has 3 rings (SSSR count). The van der Waals surface area contributed by atoms with Gasteiger partial charge < -0.3 is 0 Å². The van der Waals surface area contributed by atoms with E-state index in [4.69, 9.17) is 0 Å². The minimum Gasteiger partial charge on any atom is -0.251 e. The van der Waals surface area contributed by atoms with Crippen molar-refractivity contribution in [2.24, 2.45) is 0 Å². The van der Waals surface area contributed by atoms with E-state index in [0.717, 1.165) is 33.4 Å². The van der Waals surface area contributed by atoms with Gasteiger partial charge in [0.15, 0.2) is 0 Å². The molecule has 0 aliphatic carbocycles. The van der Waals surface area contributed by atoms with Crippen LogP contribution in [0.5, 0.6) is 0 Å². The molecule has 0 N–H and O–H groups in total. The van der Waals surface area contributed by atoms with Gasteiger partial charge in [0.2, 0.25) is 0 Å². The Hall–Kier alpha value is -2.48. The summed E-state index contributed by atoms with van der Waals surface area (Å²) < 4.78 is 24.7. The minimum atomic E-state index is -0.321. The second-order valence-electron chi connectivity index (χ2n) is 5.85. The molecule has 3 aromatic rings. The lowest BCUT2D eigenvalue weighted by molar-refractivity contribution is 0.495. The van der Waals surface area contributed by atoms with Crippen LogP contribution in [0.15, 0.2) is 72.8 Å². The first kappa shape index (κ1) is 16.4. The van der Waals surface area contributed by atoms with E-state index in [9.17, 15) is 8.78 Å².